The fourth-order valence-corrected chi connectivity index (χ4v) is 4.34. The normalized spacial score (nSPS) is 11.6. The van der Waals surface area contributed by atoms with Crippen LogP contribution in [0.4, 0.5) is 30.2 Å². The number of nitrogens with two attached hydrogens (primary N) is 1. The molecule has 0 fully saturated rings. The van der Waals surface area contributed by atoms with E-state index < -0.39 is 40.9 Å². The van der Waals surface area contributed by atoms with Crippen molar-refractivity contribution in [1.29, 1.82) is 0 Å². The van der Waals surface area contributed by atoms with Gasteiger partial charge in [-0.2, -0.15) is 13.2 Å². The van der Waals surface area contributed by atoms with Crippen molar-refractivity contribution in [3.05, 3.63) is 137 Å². The van der Waals surface area contributed by atoms with Gasteiger partial charge >= 0.3 is 18.1 Å². The molecule has 0 radical (unpaired) electrons. The Kier molecular flexibility index (Phi) is 10.1. The number of hydrogen-bond acceptors (Lipinski definition) is 9. The van der Waals surface area contributed by atoms with E-state index in [1.165, 1.54) is 24.3 Å². The zero-order chi connectivity index (χ0) is 33.6. The van der Waals surface area contributed by atoms with Crippen LogP contribution in [0.2, 0.25) is 0 Å². The third-order valence-corrected chi connectivity index (χ3v) is 7.15. The molecule has 0 amide bonds. The van der Waals surface area contributed by atoms with Crippen LogP contribution in [-0.2, 0) is 6.18 Å². The zero-order valence-corrected chi connectivity index (χ0v) is 26.0. The highest BCUT2D eigenvalue weighted by atomic mass is 32.1. The van der Waals surface area contributed by atoms with Crippen LogP contribution in [0.1, 0.15) is 37.4 Å². The Morgan fingerprint density at radius 2 is 0.979 bits per heavy atom. The molecule has 0 bridgehead atoms. The van der Waals surface area contributed by atoms with Crippen molar-refractivity contribution in [3.63, 3.8) is 0 Å². The fourth-order valence-electron chi connectivity index (χ4n) is 4.04. The maximum absolute atomic E-state index is 13.8. The van der Waals surface area contributed by atoms with Crippen molar-refractivity contribution in [3.8, 4) is 11.5 Å². The van der Waals surface area contributed by atoms with E-state index in [0.29, 0.717) is 34.6 Å². The second kappa shape index (κ2) is 14.4. The predicted octanol–water partition coefficient (Wildman–Crippen LogP) is 8.80. The number of benzene rings is 5. The zero-order valence-electron chi connectivity index (χ0n) is 24.2. The first-order valence-electron chi connectivity index (χ1n) is 13.8. The molecule has 0 aromatic heterocycles. The molecule has 47 heavy (non-hydrogen) atoms. The van der Waals surface area contributed by atoms with Crippen LogP contribution >= 0.6 is 25.3 Å². The molecular weight excluding hydrogens is 648 g/mol. The fraction of sp³-hybridized carbons (Fsp3) is 0.0286. The average Bonchev–Trinajstić information content (AvgIpc) is 3.06. The van der Waals surface area contributed by atoms with Gasteiger partial charge in [-0.3, -0.25) is 9.98 Å². The first kappa shape index (κ1) is 33.0. The van der Waals surface area contributed by atoms with Crippen molar-refractivity contribution in [1.82, 2.24) is 0 Å². The quantitative estimate of drug-likeness (QED) is 0.0503. The number of carbonyl (C=O) groups excluding carboxylic acids is 2. The number of rotatable bonds is 8. The lowest BCUT2D eigenvalue weighted by Crippen LogP contribution is -2.15. The summed E-state index contributed by atoms with van der Waals surface area (Å²) in [5, 5.41) is 0. The van der Waals surface area contributed by atoms with E-state index in [0.717, 1.165) is 9.79 Å². The van der Waals surface area contributed by atoms with Gasteiger partial charge in [0.2, 0.25) is 0 Å². The number of thiol groups is 2. The number of halogens is 3. The van der Waals surface area contributed by atoms with Gasteiger partial charge in [0, 0.05) is 22.2 Å². The van der Waals surface area contributed by atoms with Gasteiger partial charge in [-0.05, 0) is 96.1 Å². The molecule has 5 aromatic rings. The molecule has 236 valence electrons. The maximum Gasteiger partial charge on any atom is 0.416 e. The van der Waals surface area contributed by atoms with Crippen LogP contribution in [0.25, 0.3) is 0 Å². The van der Waals surface area contributed by atoms with Crippen LogP contribution in [-0.4, -0.2) is 24.4 Å². The first-order valence-corrected chi connectivity index (χ1v) is 14.7. The van der Waals surface area contributed by atoms with Gasteiger partial charge < -0.3 is 15.2 Å². The van der Waals surface area contributed by atoms with Crippen molar-refractivity contribution < 1.29 is 32.2 Å². The number of nitrogen functional groups attached to an aromatic ring is 1. The topological polar surface area (TPSA) is 103 Å². The molecule has 0 spiro atoms. The molecule has 0 aliphatic heterocycles. The maximum atomic E-state index is 13.8. The molecule has 0 atom stereocenters. The Morgan fingerprint density at radius 1 is 0.617 bits per heavy atom. The number of ether oxygens (including phenoxy) is 2. The van der Waals surface area contributed by atoms with Gasteiger partial charge in [0.15, 0.2) is 11.5 Å². The molecule has 0 aliphatic carbocycles. The summed E-state index contributed by atoms with van der Waals surface area (Å²) in [7, 11) is 0. The minimum Gasteiger partial charge on any atom is -0.421 e. The second-order valence-electron chi connectivity index (χ2n) is 9.96. The summed E-state index contributed by atoms with van der Waals surface area (Å²) in [4.78, 5) is 36.0. The number of alkyl halides is 3. The minimum atomic E-state index is -4.86. The van der Waals surface area contributed by atoms with Gasteiger partial charge in [-0.25, -0.2) is 9.59 Å². The number of nitrogens with zero attached hydrogens (tertiary/aromatic N) is 2. The lowest BCUT2D eigenvalue weighted by atomic mass is 10.1. The van der Waals surface area contributed by atoms with Crippen LogP contribution in [0.15, 0.2) is 129 Å². The number of anilines is 1. The highest BCUT2D eigenvalue weighted by Gasteiger charge is 2.33. The molecule has 12 heteroatoms. The number of carbonyl (C=O) groups is 2. The summed E-state index contributed by atoms with van der Waals surface area (Å²) >= 11 is 8.46. The Hall–Kier alpha value is -5.33. The van der Waals surface area contributed by atoms with Crippen LogP contribution < -0.4 is 15.2 Å². The van der Waals surface area contributed by atoms with Gasteiger partial charge in [-0.1, -0.05) is 24.3 Å². The Bertz CT molecular complexity index is 1830. The van der Waals surface area contributed by atoms with Gasteiger partial charge in [0.25, 0.3) is 0 Å². The summed E-state index contributed by atoms with van der Waals surface area (Å²) < 4.78 is 51.8. The molecule has 0 saturated carbocycles. The Balaban J connectivity index is 1.30. The average molecular weight is 672 g/mol. The summed E-state index contributed by atoms with van der Waals surface area (Å²) in [5.74, 6) is -3.19. The Labute approximate surface area is 278 Å². The smallest absolute Gasteiger partial charge is 0.416 e. The lowest BCUT2D eigenvalue weighted by Gasteiger charge is -2.15. The Morgan fingerprint density at radius 3 is 1.32 bits per heavy atom. The standard InChI is InChI=1S/C35H24F3N3O4S2/c36-35(37,38)25-17-30(44-33(42)23-5-1-21(2-6-23)19-40-26-9-13-28(46)14-10-26)32(39)31(18-25)45-34(43)24-7-3-22(4-8-24)20-41-27-11-15-29(47)16-12-27/h1-20,46-47H,39H2. The highest BCUT2D eigenvalue weighted by Crippen LogP contribution is 2.40. The minimum absolute atomic E-state index is 0.0410. The number of aliphatic imine (C=N–C) groups is 2. The van der Waals surface area contributed by atoms with Crippen LogP contribution in [0, 0.1) is 0 Å². The number of esters is 2. The van der Waals surface area contributed by atoms with Crippen molar-refractivity contribution in [2.45, 2.75) is 16.0 Å². The van der Waals surface area contributed by atoms with Gasteiger partial charge in [0.05, 0.1) is 28.1 Å². The van der Waals surface area contributed by atoms with E-state index in [1.54, 1.807) is 85.2 Å². The van der Waals surface area contributed by atoms with Crippen molar-refractivity contribution >= 4 is 66.7 Å². The largest absolute Gasteiger partial charge is 0.421 e. The number of hydrogen-bond donors (Lipinski definition) is 3. The van der Waals surface area contributed by atoms with E-state index in [9.17, 15) is 22.8 Å². The molecule has 0 heterocycles. The lowest BCUT2D eigenvalue weighted by molar-refractivity contribution is -0.137. The van der Waals surface area contributed by atoms with Crippen molar-refractivity contribution in [2.75, 3.05) is 5.73 Å². The van der Waals surface area contributed by atoms with E-state index in [2.05, 4.69) is 35.2 Å². The SMILES string of the molecule is Nc1c(OC(=O)c2ccc(C=Nc3ccc(S)cc3)cc2)cc(C(F)(F)F)cc1OC(=O)c1ccc(C=Nc2ccc(S)cc2)cc1. The molecular formula is C35H24F3N3O4S2. The molecule has 7 nitrogen and oxygen atoms in total. The summed E-state index contributed by atoms with van der Waals surface area (Å²) in [5.41, 5.74) is 7.14. The van der Waals surface area contributed by atoms with Gasteiger partial charge in [0.1, 0.15) is 5.69 Å². The third kappa shape index (κ3) is 8.90. The molecule has 0 unspecified atom stereocenters. The summed E-state index contributed by atoms with van der Waals surface area (Å²) in [6.07, 6.45) is -1.70. The molecule has 0 saturated heterocycles. The van der Waals surface area contributed by atoms with E-state index in [-0.39, 0.29) is 11.1 Å². The first-order chi connectivity index (χ1) is 22.4. The van der Waals surface area contributed by atoms with Gasteiger partial charge in [-0.15, -0.1) is 25.3 Å². The van der Waals surface area contributed by atoms with E-state index >= 15 is 0 Å². The summed E-state index contributed by atoms with van der Waals surface area (Å²) in [6, 6.07) is 27.5. The molecule has 5 rings (SSSR count). The summed E-state index contributed by atoms with van der Waals surface area (Å²) in [6.45, 7) is 0. The second-order valence-corrected chi connectivity index (χ2v) is 11.0. The van der Waals surface area contributed by atoms with Crippen LogP contribution in [0.5, 0.6) is 11.5 Å². The highest BCUT2D eigenvalue weighted by molar-refractivity contribution is 7.80. The van der Waals surface area contributed by atoms with E-state index in [1.807, 2.05) is 0 Å². The van der Waals surface area contributed by atoms with Crippen LogP contribution in [0.3, 0.4) is 0 Å². The molecule has 2 N–H and O–H groups in total. The van der Waals surface area contributed by atoms with E-state index in [4.69, 9.17) is 15.2 Å². The predicted molar refractivity (Wildman–Crippen MR) is 181 cm³/mol. The molecule has 0 aliphatic rings. The third-order valence-electron chi connectivity index (χ3n) is 6.55. The molecule has 5 aromatic carbocycles. The van der Waals surface area contributed by atoms with Crippen molar-refractivity contribution in [2.24, 2.45) is 9.98 Å². The monoisotopic (exact) mass is 671 g/mol.